The molecule has 1 N–H and O–H groups in total. The predicted octanol–water partition coefficient (Wildman–Crippen LogP) is 2.35. The highest BCUT2D eigenvalue weighted by Gasteiger charge is 2.18. The van der Waals surface area contributed by atoms with Gasteiger partial charge in [-0.2, -0.15) is 0 Å². The molecule has 1 aromatic rings. The van der Waals surface area contributed by atoms with Crippen LogP contribution in [0.2, 0.25) is 0 Å². The number of hydrogen-bond donors (Lipinski definition) is 1. The molecule has 0 bridgehead atoms. The van der Waals surface area contributed by atoms with E-state index in [-0.39, 0.29) is 18.9 Å². The minimum absolute atomic E-state index is 0.140. The Labute approximate surface area is 152 Å². The molecule has 0 aliphatic rings. The van der Waals surface area contributed by atoms with Gasteiger partial charge in [0, 0.05) is 25.2 Å². The lowest BCUT2D eigenvalue weighted by molar-refractivity contribution is -0.116. The lowest BCUT2D eigenvalue weighted by Gasteiger charge is -2.21. The molecular formula is C18H31N3O3S. The highest BCUT2D eigenvalue weighted by atomic mass is 32.2. The fourth-order valence-corrected chi connectivity index (χ4v) is 3.44. The van der Waals surface area contributed by atoms with Crippen molar-refractivity contribution < 1.29 is 13.2 Å². The second-order valence-corrected chi connectivity index (χ2v) is 8.84. The van der Waals surface area contributed by atoms with E-state index in [9.17, 15) is 13.2 Å². The van der Waals surface area contributed by atoms with Crippen molar-refractivity contribution in [3.8, 4) is 0 Å². The first kappa shape index (κ1) is 21.6. The molecule has 142 valence electrons. The van der Waals surface area contributed by atoms with Gasteiger partial charge in [0.2, 0.25) is 15.9 Å². The summed E-state index contributed by atoms with van der Waals surface area (Å²) in [7, 11) is 0.579. The van der Waals surface area contributed by atoms with Crippen LogP contribution in [0, 0.1) is 0 Å². The van der Waals surface area contributed by atoms with E-state index in [1.54, 1.807) is 0 Å². The average molecular weight is 370 g/mol. The zero-order valence-electron chi connectivity index (χ0n) is 15.9. The van der Waals surface area contributed by atoms with Gasteiger partial charge < -0.3 is 10.2 Å². The first-order chi connectivity index (χ1) is 11.6. The number of anilines is 1. The zero-order valence-corrected chi connectivity index (χ0v) is 16.8. The summed E-state index contributed by atoms with van der Waals surface area (Å²) in [5, 5.41) is 2.90. The summed E-state index contributed by atoms with van der Waals surface area (Å²) in [6.07, 6.45) is 2.06. The topological polar surface area (TPSA) is 69.7 Å². The van der Waals surface area contributed by atoms with E-state index in [2.05, 4.69) is 19.2 Å². The standard InChI is InChI=1S/C18H31N3O3S/c1-15(2)16-9-6-7-10-17(16)19-18(22)11-14-21(25(5,23)24)13-8-12-20(3)4/h6-7,9-10,15H,8,11-14H2,1-5H3,(H,19,22). The van der Waals surface area contributed by atoms with Crippen LogP contribution in [0.5, 0.6) is 0 Å². The van der Waals surface area contributed by atoms with Gasteiger partial charge in [-0.25, -0.2) is 12.7 Å². The summed E-state index contributed by atoms with van der Waals surface area (Å²) in [5.41, 5.74) is 1.86. The summed E-state index contributed by atoms with van der Waals surface area (Å²) in [6, 6.07) is 7.69. The number of nitrogens with one attached hydrogen (secondary N) is 1. The Bertz CT molecular complexity index is 657. The SMILES string of the molecule is CC(C)c1ccccc1NC(=O)CCN(CCCN(C)C)S(C)(=O)=O. The van der Waals surface area contributed by atoms with Crippen molar-refractivity contribution in [3.63, 3.8) is 0 Å². The largest absolute Gasteiger partial charge is 0.326 e. The van der Waals surface area contributed by atoms with Gasteiger partial charge in [-0.05, 0) is 44.6 Å². The maximum absolute atomic E-state index is 12.3. The Hall–Kier alpha value is -1.44. The van der Waals surface area contributed by atoms with E-state index < -0.39 is 10.0 Å². The second kappa shape index (κ2) is 9.89. The minimum Gasteiger partial charge on any atom is -0.326 e. The maximum Gasteiger partial charge on any atom is 0.225 e. The van der Waals surface area contributed by atoms with Gasteiger partial charge in [-0.3, -0.25) is 4.79 Å². The van der Waals surface area contributed by atoms with Crippen molar-refractivity contribution in [1.82, 2.24) is 9.21 Å². The van der Waals surface area contributed by atoms with Crippen molar-refractivity contribution >= 4 is 21.6 Å². The van der Waals surface area contributed by atoms with Crippen molar-refractivity contribution in [2.45, 2.75) is 32.6 Å². The van der Waals surface area contributed by atoms with Gasteiger partial charge in [0.05, 0.1) is 6.26 Å². The molecule has 0 spiro atoms. The normalized spacial score (nSPS) is 12.2. The molecule has 6 nitrogen and oxygen atoms in total. The number of hydrogen-bond acceptors (Lipinski definition) is 4. The number of carbonyl (C=O) groups is 1. The number of para-hydroxylation sites is 1. The number of rotatable bonds is 10. The van der Waals surface area contributed by atoms with Crippen LogP contribution in [-0.4, -0.2) is 63.5 Å². The van der Waals surface area contributed by atoms with Gasteiger partial charge in [0.25, 0.3) is 0 Å². The molecule has 0 heterocycles. The molecule has 0 saturated heterocycles. The van der Waals surface area contributed by atoms with E-state index in [0.717, 1.165) is 24.2 Å². The smallest absolute Gasteiger partial charge is 0.225 e. The van der Waals surface area contributed by atoms with Crippen LogP contribution >= 0.6 is 0 Å². The van der Waals surface area contributed by atoms with Crippen LogP contribution in [0.25, 0.3) is 0 Å². The van der Waals surface area contributed by atoms with Crippen LogP contribution < -0.4 is 5.32 Å². The molecule has 0 saturated carbocycles. The quantitative estimate of drug-likeness (QED) is 0.687. The average Bonchev–Trinajstić information content (AvgIpc) is 2.49. The molecule has 0 atom stereocenters. The van der Waals surface area contributed by atoms with Crippen molar-refractivity contribution in [3.05, 3.63) is 29.8 Å². The summed E-state index contributed by atoms with van der Waals surface area (Å²) >= 11 is 0. The van der Waals surface area contributed by atoms with Crippen molar-refractivity contribution in [1.29, 1.82) is 0 Å². The highest BCUT2D eigenvalue weighted by molar-refractivity contribution is 7.88. The van der Waals surface area contributed by atoms with E-state index >= 15 is 0 Å². The lowest BCUT2D eigenvalue weighted by atomic mass is 10.0. The van der Waals surface area contributed by atoms with E-state index in [1.807, 2.05) is 43.3 Å². The Morgan fingerprint density at radius 1 is 1.12 bits per heavy atom. The summed E-state index contributed by atoms with van der Waals surface area (Å²) < 4.78 is 25.2. The van der Waals surface area contributed by atoms with Crippen LogP contribution in [0.4, 0.5) is 5.69 Å². The van der Waals surface area contributed by atoms with E-state index in [4.69, 9.17) is 0 Å². The third-order valence-corrected chi connectivity index (χ3v) is 5.23. The third-order valence-electron chi connectivity index (χ3n) is 3.93. The number of sulfonamides is 1. The second-order valence-electron chi connectivity index (χ2n) is 6.86. The lowest BCUT2D eigenvalue weighted by Crippen LogP contribution is -2.35. The number of carbonyl (C=O) groups excluding carboxylic acids is 1. The monoisotopic (exact) mass is 369 g/mol. The maximum atomic E-state index is 12.3. The molecule has 25 heavy (non-hydrogen) atoms. The van der Waals surface area contributed by atoms with E-state index in [0.29, 0.717) is 12.5 Å². The minimum atomic E-state index is -3.32. The molecule has 0 unspecified atom stereocenters. The number of benzene rings is 1. The summed E-state index contributed by atoms with van der Waals surface area (Å²) in [6.45, 7) is 5.57. The zero-order chi connectivity index (χ0) is 19.0. The Kier molecular flexibility index (Phi) is 8.55. The fourth-order valence-electron chi connectivity index (χ4n) is 2.56. The Morgan fingerprint density at radius 2 is 1.76 bits per heavy atom. The molecule has 0 aromatic heterocycles. The van der Waals surface area contributed by atoms with Gasteiger partial charge >= 0.3 is 0 Å². The number of nitrogens with zero attached hydrogens (tertiary/aromatic N) is 2. The van der Waals surface area contributed by atoms with Crippen molar-refractivity contribution in [2.75, 3.05) is 45.3 Å². The van der Waals surface area contributed by atoms with Gasteiger partial charge in [-0.15, -0.1) is 0 Å². The van der Waals surface area contributed by atoms with Crippen LogP contribution in [0.1, 0.15) is 38.2 Å². The van der Waals surface area contributed by atoms with Gasteiger partial charge in [0.15, 0.2) is 0 Å². The van der Waals surface area contributed by atoms with Crippen LogP contribution in [0.15, 0.2) is 24.3 Å². The molecule has 0 aliphatic heterocycles. The van der Waals surface area contributed by atoms with E-state index in [1.165, 1.54) is 10.6 Å². The molecular weight excluding hydrogens is 338 g/mol. The van der Waals surface area contributed by atoms with Crippen LogP contribution in [0.3, 0.4) is 0 Å². The molecule has 0 fully saturated rings. The summed E-state index contributed by atoms with van der Waals surface area (Å²) in [5.74, 6) is 0.129. The molecule has 1 rings (SSSR count). The van der Waals surface area contributed by atoms with Crippen LogP contribution in [-0.2, 0) is 14.8 Å². The fraction of sp³-hybridized carbons (Fsp3) is 0.611. The van der Waals surface area contributed by atoms with Gasteiger partial charge in [-0.1, -0.05) is 32.0 Å². The number of amides is 1. The molecule has 0 radical (unpaired) electrons. The third kappa shape index (κ3) is 7.98. The first-order valence-electron chi connectivity index (χ1n) is 8.60. The molecule has 1 aromatic carbocycles. The Morgan fingerprint density at radius 3 is 2.32 bits per heavy atom. The predicted molar refractivity (Wildman–Crippen MR) is 103 cm³/mol. The molecule has 0 aliphatic carbocycles. The van der Waals surface area contributed by atoms with Crippen molar-refractivity contribution in [2.24, 2.45) is 0 Å². The van der Waals surface area contributed by atoms with Gasteiger partial charge in [0.1, 0.15) is 0 Å². The highest BCUT2D eigenvalue weighted by Crippen LogP contribution is 2.23. The molecule has 1 amide bonds. The summed E-state index contributed by atoms with van der Waals surface area (Å²) in [4.78, 5) is 14.3. The Balaban J connectivity index is 2.63. The molecule has 7 heteroatoms. The first-order valence-corrected chi connectivity index (χ1v) is 10.4.